The third-order valence-corrected chi connectivity index (χ3v) is 7.90. The van der Waals surface area contributed by atoms with Gasteiger partial charge in [-0.1, -0.05) is 58.0 Å². The van der Waals surface area contributed by atoms with E-state index in [1.54, 1.807) is 11.9 Å². The molecule has 264 valence electrons. The zero-order valence-corrected chi connectivity index (χ0v) is 28.6. The Morgan fingerprint density at radius 3 is 1.88 bits per heavy atom. The fraction of sp³-hybridized carbons (Fsp3) is 0.474. The fourth-order valence-electron chi connectivity index (χ4n) is 5.10. The van der Waals surface area contributed by atoms with Crippen LogP contribution >= 0.6 is 0 Å². The number of rotatable bonds is 11. The van der Waals surface area contributed by atoms with E-state index < -0.39 is 23.5 Å². The van der Waals surface area contributed by atoms with Crippen molar-refractivity contribution in [3.05, 3.63) is 94.5 Å². The van der Waals surface area contributed by atoms with Crippen LogP contribution in [0.15, 0.2) is 66.7 Å². The van der Waals surface area contributed by atoms with Crippen molar-refractivity contribution in [2.24, 2.45) is 17.6 Å². The summed E-state index contributed by atoms with van der Waals surface area (Å²) in [6.45, 7) is 12.5. The molecule has 1 aliphatic rings. The number of nitrogens with two attached hydrogens (primary N) is 1. The molecule has 2 unspecified atom stereocenters. The van der Waals surface area contributed by atoms with Gasteiger partial charge < -0.3 is 20.1 Å². The molecule has 0 spiro atoms. The monoisotopic (exact) mass is 678 g/mol. The molecule has 1 fully saturated rings. The minimum absolute atomic E-state index is 0.0177. The quantitative estimate of drug-likeness (QED) is 0.162. The largest absolute Gasteiger partial charge is 0.492 e. The average molecular weight is 679 g/mol. The normalized spacial score (nSPS) is 16.6. The van der Waals surface area contributed by atoms with Gasteiger partial charge in [-0.2, -0.15) is 26.3 Å². The Balaban J connectivity index is 0.000000318. The lowest BCUT2D eigenvalue weighted by molar-refractivity contribution is -0.143. The molecule has 0 radical (unpaired) electrons. The molecule has 3 atom stereocenters. The predicted octanol–water partition coefficient (Wildman–Crippen LogP) is 9.39. The van der Waals surface area contributed by atoms with Crippen LogP contribution in [0.4, 0.5) is 26.3 Å². The minimum Gasteiger partial charge on any atom is -0.492 e. The number of hydrogen-bond acceptors (Lipinski definition) is 4. The van der Waals surface area contributed by atoms with Crippen LogP contribution in [-0.2, 0) is 30.7 Å². The van der Waals surface area contributed by atoms with Crippen molar-refractivity contribution in [3.8, 4) is 24.3 Å². The Kier molecular flexibility index (Phi) is 14.9. The first-order valence-electron chi connectivity index (χ1n) is 15.8. The van der Waals surface area contributed by atoms with Gasteiger partial charge in [-0.15, -0.1) is 12.8 Å². The Bertz CT molecular complexity index is 1410. The molecular formula is C38H48F6N2O2. The first-order chi connectivity index (χ1) is 22.4. The maximum Gasteiger partial charge on any atom is 0.416 e. The zero-order valence-electron chi connectivity index (χ0n) is 28.6. The molecule has 10 heteroatoms. The number of benzene rings is 3. The van der Waals surface area contributed by atoms with Gasteiger partial charge in [0.05, 0.1) is 17.2 Å². The summed E-state index contributed by atoms with van der Waals surface area (Å²) in [5.41, 5.74) is 5.53. The number of ether oxygens (including phenoxy) is 2. The standard InChI is InChI=1S/C21H29NO2.C15H17F6N.C2H2/c1-16(15-17-5-9-19(10-6-17)23-14-13-22)24-20-11-7-18(8-12-20)21(2,3)4;1-9-5-11(9)8-22(2)7-10-3-4-12(14(16,17)18)6-13(10)15(19,20)21;1-2/h5-12,16H,13-15,22H2,1-4H3;3-4,6,9,11H,5,7-8H2,1-2H3;1-2H/t16-;;/m1../s1. The highest BCUT2D eigenvalue weighted by molar-refractivity contribution is 5.36. The summed E-state index contributed by atoms with van der Waals surface area (Å²) in [7, 11) is 1.68. The van der Waals surface area contributed by atoms with Crippen LogP contribution in [0.2, 0.25) is 0 Å². The molecule has 0 bridgehead atoms. The van der Waals surface area contributed by atoms with Gasteiger partial charge in [0.15, 0.2) is 0 Å². The van der Waals surface area contributed by atoms with E-state index in [1.807, 2.05) is 12.1 Å². The molecule has 1 saturated carbocycles. The van der Waals surface area contributed by atoms with E-state index in [0.717, 1.165) is 30.4 Å². The lowest BCUT2D eigenvalue weighted by Crippen LogP contribution is -2.23. The molecule has 4 nitrogen and oxygen atoms in total. The molecule has 2 N–H and O–H groups in total. The molecular weight excluding hydrogens is 630 g/mol. The summed E-state index contributed by atoms with van der Waals surface area (Å²) in [6.07, 6.45) is 0.432. The van der Waals surface area contributed by atoms with Gasteiger partial charge in [-0.25, -0.2) is 0 Å². The van der Waals surface area contributed by atoms with Crippen LogP contribution in [-0.4, -0.2) is 37.7 Å². The Morgan fingerprint density at radius 1 is 0.854 bits per heavy atom. The van der Waals surface area contributed by atoms with Gasteiger partial charge in [-0.3, -0.25) is 0 Å². The third kappa shape index (κ3) is 13.4. The van der Waals surface area contributed by atoms with Gasteiger partial charge >= 0.3 is 12.4 Å². The van der Waals surface area contributed by atoms with Crippen LogP contribution in [0.25, 0.3) is 0 Å². The molecule has 48 heavy (non-hydrogen) atoms. The third-order valence-electron chi connectivity index (χ3n) is 7.90. The topological polar surface area (TPSA) is 47.7 Å². The number of terminal acetylenes is 1. The van der Waals surface area contributed by atoms with Gasteiger partial charge in [0.2, 0.25) is 0 Å². The van der Waals surface area contributed by atoms with Crippen LogP contribution < -0.4 is 15.2 Å². The zero-order chi connectivity index (χ0) is 36.3. The first-order valence-corrected chi connectivity index (χ1v) is 15.8. The highest BCUT2D eigenvalue weighted by atomic mass is 19.4. The van der Waals surface area contributed by atoms with E-state index in [0.29, 0.717) is 37.6 Å². The predicted molar refractivity (Wildman–Crippen MR) is 180 cm³/mol. The maximum atomic E-state index is 13.0. The van der Waals surface area contributed by atoms with Crippen molar-refractivity contribution in [1.29, 1.82) is 0 Å². The number of alkyl halides is 6. The van der Waals surface area contributed by atoms with Crippen LogP contribution in [0, 0.1) is 24.7 Å². The van der Waals surface area contributed by atoms with Gasteiger partial charge in [0.1, 0.15) is 18.1 Å². The summed E-state index contributed by atoms with van der Waals surface area (Å²) in [5.74, 6) is 2.81. The van der Waals surface area contributed by atoms with Crippen molar-refractivity contribution in [1.82, 2.24) is 4.90 Å². The molecule has 4 rings (SSSR count). The van der Waals surface area contributed by atoms with Gasteiger partial charge in [0, 0.05) is 26.1 Å². The van der Waals surface area contributed by atoms with E-state index in [-0.39, 0.29) is 29.7 Å². The number of hydrogen-bond donors (Lipinski definition) is 1. The summed E-state index contributed by atoms with van der Waals surface area (Å²) in [4.78, 5) is 1.73. The van der Waals surface area contributed by atoms with E-state index in [1.165, 1.54) is 11.1 Å². The van der Waals surface area contributed by atoms with E-state index in [9.17, 15) is 26.3 Å². The highest BCUT2D eigenvalue weighted by Gasteiger charge is 2.39. The highest BCUT2D eigenvalue weighted by Crippen LogP contribution is 2.40. The number of nitrogens with zero attached hydrogens (tertiary/aromatic N) is 1. The number of halogens is 6. The second kappa shape index (κ2) is 17.6. The maximum absolute atomic E-state index is 13.0. The molecule has 0 aliphatic heterocycles. The Labute approximate surface area is 281 Å². The SMILES string of the molecule is C#C.CC1CC1CN(C)Cc1ccc(C(F)(F)F)cc1C(F)(F)F.C[C@H](Cc1ccc(OCCN)cc1)Oc1ccc(C(C)(C)C)cc1. The van der Waals surface area contributed by atoms with Crippen molar-refractivity contribution in [2.75, 3.05) is 26.7 Å². The van der Waals surface area contributed by atoms with Crippen LogP contribution in [0.1, 0.15) is 68.9 Å². The summed E-state index contributed by atoms with van der Waals surface area (Å²) < 4.78 is 88.4. The molecule has 1 aliphatic carbocycles. The van der Waals surface area contributed by atoms with Crippen molar-refractivity contribution < 1.29 is 35.8 Å². The first kappa shape index (κ1) is 40.5. The smallest absolute Gasteiger partial charge is 0.416 e. The second-order valence-electron chi connectivity index (χ2n) is 13.2. The summed E-state index contributed by atoms with van der Waals surface area (Å²) in [5, 5.41) is 0. The molecule has 0 saturated heterocycles. The van der Waals surface area contributed by atoms with Crippen molar-refractivity contribution in [3.63, 3.8) is 0 Å². The Hall–Kier alpha value is -3.68. The molecule has 0 amide bonds. The van der Waals surface area contributed by atoms with Gasteiger partial charge in [0.25, 0.3) is 0 Å². The minimum atomic E-state index is -4.80. The van der Waals surface area contributed by atoms with Crippen molar-refractivity contribution >= 4 is 0 Å². The summed E-state index contributed by atoms with van der Waals surface area (Å²) in [6, 6.07) is 18.4. The molecule has 3 aromatic rings. The molecule has 0 aromatic heterocycles. The van der Waals surface area contributed by atoms with E-state index >= 15 is 0 Å². The van der Waals surface area contributed by atoms with Gasteiger partial charge in [-0.05, 0) is 90.7 Å². The van der Waals surface area contributed by atoms with Crippen molar-refractivity contribution in [2.45, 2.75) is 77.9 Å². The fourth-order valence-corrected chi connectivity index (χ4v) is 5.10. The average Bonchev–Trinajstić information content (AvgIpc) is 3.70. The lowest BCUT2D eigenvalue weighted by atomic mass is 9.87. The second-order valence-corrected chi connectivity index (χ2v) is 13.2. The lowest BCUT2D eigenvalue weighted by Gasteiger charge is -2.21. The van der Waals surface area contributed by atoms with E-state index in [2.05, 4.69) is 83.9 Å². The van der Waals surface area contributed by atoms with Crippen LogP contribution in [0.3, 0.4) is 0 Å². The summed E-state index contributed by atoms with van der Waals surface area (Å²) >= 11 is 0. The van der Waals surface area contributed by atoms with E-state index in [4.69, 9.17) is 15.2 Å². The Morgan fingerprint density at radius 2 is 1.40 bits per heavy atom. The van der Waals surface area contributed by atoms with Crippen LogP contribution in [0.5, 0.6) is 11.5 Å². The molecule has 3 aromatic carbocycles. The molecule has 0 heterocycles.